The minimum absolute atomic E-state index is 0.725. The van der Waals surface area contributed by atoms with E-state index in [0.717, 1.165) is 37.1 Å². The summed E-state index contributed by atoms with van der Waals surface area (Å²) in [5.74, 6) is 0. The zero-order valence-corrected chi connectivity index (χ0v) is 12.4. The zero-order valence-electron chi connectivity index (χ0n) is 12.4. The Labute approximate surface area is 116 Å². The maximum atomic E-state index is 4.47. The fraction of sp³-hybridized carbons (Fsp3) is 0.667. The van der Waals surface area contributed by atoms with Gasteiger partial charge in [-0.25, -0.2) is 0 Å². The molecular weight excluding hydrogens is 236 g/mol. The van der Waals surface area contributed by atoms with Gasteiger partial charge < -0.3 is 5.32 Å². The van der Waals surface area contributed by atoms with Crippen molar-refractivity contribution in [3.63, 3.8) is 0 Å². The van der Waals surface area contributed by atoms with Crippen LogP contribution in [0, 0.1) is 0 Å². The molecule has 1 fully saturated rings. The predicted molar refractivity (Wildman–Crippen MR) is 80.4 cm³/mol. The van der Waals surface area contributed by atoms with Gasteiger partial charge in [0.15, 0.2) is 0 Å². The van der Waals surface area contributed by atoms with Gasteiger partial charge in [-0.2, -0.15) is 0 Å². The predicted octanol–water partition coefficient (Wildman–Crippen LogP) is 2.04. The molecule has 1 aromatic rings. The average molecular weight is 262 g/mol. The Hall–Kier alpha value is -1.13. The summed E-state index contributed by atoms with van der Waals surface area (Å²) in [7, 11) is 1.95. The van der Waals surface area contributed by atoms with Crippen LogP contribution >= 0.6 is 0 Å². The molecule has 2 heterocycles. The van der Waals surface area contributed by atoms with Gasteiger partial charge >= 0.3 is 0 Å². The summed E-state index contributed by atoms with van der Waals surface area (Å²) in [5, 5.41) is 3.17. The highest BCUT2D eigenvalue weighted by Crippen LogP contribution is 2.18. The Morgan fingerprint density at radius 2 is 2.21 bits per heavy atom. The Balaban J connectivity index is 1.90. The fourth-order valence-electron chi connectivity index (χ4n) is 2.94. The van der Waals surface area contributed by atoms with Crippen LogP contribution < -0.4 is 5.32 Å². The van der Waals surface area contributed by atoms with Crippen molar-refractivity contribution in [2.75, 3.05) is 38.5 Å². The molecule has 0 spiro atoms. The molecule has 1 N–H and O–H groups in total. The third-order valence-corrected chi connectivity index (χ3v) is 4.07. The van der Waals surface area contributed by atoms with E-state index in [-0.39, 0.29) is 0 Å². The van der Waals surface area contributed by atoms with Gasteiger partial charge in [-0.3, -0.25) is 14.8 Å². The first-order chi connectivity index (χ1) is 9.26. The van der Waals surface area contributed by atoms with Crippen molar-refractivity contribution in [3.8, 4) is 0 Å². The first kappa shape index (κ1) is 14.3. The summed E-state index contributed by atoms with van der Waals surface area (Å²) in [6, 6.07) is 4.87. The molecule has 2 rings (SSSR count). The lowest BCUT2D eigenvalue weighted by atomic mass is 10.2. The van der Waals surface area contributed by atoms with E-state index in [2.05, 4.69) is 40.0 Å². The molecule has 4 heteroatoms. The minimum Gasteiger partial charge on any atom is -0.388 e. The summed E-state index contributed by atoms with van der Waals surface area (Å²) < 4.78 is 0. The van der Waals surface area contributed by atoms with E-state index >= 15 is 0 Å². The van der Waals surface area contributed by atoms with Crippen LogP contribution in [0.5, 0.6) is 0 Å². The van der Waals surface area contributed by atoms with Crippen molar-refractivity contribution in [1.29, 1.82) is 0 Å². The van der Waals surface area contributed by atoms with Gasteiger partial charge in [0.1, 0.15) is 0 Å². The van der Waals surface area contributed by atoms with Gasteiger partial charge in [-0.05, 0) is 31.6 Å². The molecule has 0 aromatic carbocycles. The maximum absolute atomic E-state index is 4.47. The summed E-state index contributed by atoms with van der Waals surface area (Å²) in [6.07, 6.45) is 3.17. The number of anilines is 1. The number of pyridine rings is 1. The van der Waals surface area contributed by atoms with Crippen LogP contribution in [0.1, 0.15) is 26.0 Å². The molecular formula is C15H26N4. The van der Waals surface area contributed by atoms with E-state index in [1.54, 1.807) is 0 Å². The van der Waals surface area contributed by atoms with Crippen LogP contribution in [0.15, 0.2) is 18.3 Å². The highest BCUT2D eigenvalue weighted by molar-refractivity contribution is 5.42. The van der Waals surface area contributed by atoms with Crippen molar-refractivity contribution >= 4 is 5.69 Å². The third-order valence-electron chi connectivity index (χ3n) is 4.07. The van der Waals surface area contributed by atoms with Crippen LogP contribution in [0.3, 0.4) is 0 Å². The number of hydrogen-bond acceptors (Lipinski definition) is 4. The molecule has 19 heavy (non-hydrogen) atoms. The smallest absolute Gasteiger partial charge is 0.0564 e. The average Bonchev–Trinajstić information content (AvgIpc) is 2.89. The van der Waals surface area contributed by atoms with Gasteiger partial charge in [-0.1, -0.05) is 13.8 Å². The topological polar surface area (TPSA) is 31.4 Å². The number of aromatic nitrogens is 1. The molecule has 0 aliphatic carbocycles. The van der Waals surface area contributed by atoms with E-state index < -0.39 is 0 Å². The highest BCUT2D eigenvalue weighted by atomic mass is 15.2. The number of hydrogen-bond donors (Lipinski definition) is 1. The molecule has 0 radical (unpaired) electrons. The zero-order chi connectivity index (χ0) is 13.7. The lowest BCUT2D eigenvalue weighted by molar-refractivity contribution is 0.208. The second-order valence-electron chi connectivity index (χ2n) is 5.18. The van der Waals surface area contributed by atoms with Crippen molar-refractivity contribution in [3.05, 3.63) is 24.0 Å². The first-order valence-electron chi connectivity index (χ1n) is 7.35. The molecule has 1 aliphatic heterocycles. The van der Waals surface area contributed by atoms with Crippen LogP contribution in [-0.2, 0) is 6.54 Å². The molecule has 4 nitrogen and oxygen atoms in total. The van der Waals surface area contributed by atoms with Gasteiger partial charge in [0.25, 0.3) is 0 Å². The van der Waals surface area contributed by atoms with E-state index in [1.165, 1.54) is 19.5 Å². The monoisotopic (exact) mass is 262 g/mol. The highest BCUT2D eigenvalue weighted by Gasteiger charge is 2.26. The molecule has 0 amide bonds. The minimum atomic E-state index is 0.725. The van der Waals surface area contributed by atoms with Gasteiger partial charge in [0, 0.05) is 44.6 Å². The largest absolute Gasteiger partial charge is 0.388 e. The Morgan fingerprint density at radius 1 is 1.42 bits per heavy atom. The number of likely N-dealkylation sites (N-methyl/N-ethyl adjacent to an activating group) is 1. The third kappa shape index (κ3) is 3.67. The van der Waals surface area contributed by atoms with Crippen LogP contribution in [0.4, 0.5) is 5.69 Å². The molecule has 1 unspecified atom stereocenters. The number of rotatable bonds is 6. The van der Waals surface area contributed by atoms with E-state index in [9.17, 15) is 0 Å². The SMILES string of the molecule is CCN(CC)C1CCN(Cc2cc(NC)ccn2)C1. The summed E-state index contributed by atoms with van der Waals surface area (Å²) in [6.45, 7) is 10.1. The summed E-state index contributed by atoms with van der Waals surface area (Å²) in [4.78, 5) is 9.55. The molecule has 0 bridgehead atoms. The Bertz CT molecular complexity index is 389. The number of nitrogens with zero attached hydrogens (tertiary/aromatic N) is 3. The number of nitrogens with one attached hydrogen (secondary N) is 1. The van der Waals surface area contributed by atoms with Crippen LogP contribution in [0.25, 0.3) is 0 Å². The molecule has 1 aliphatic rings. The summed E-state index contributed by atoms with van der Waals surface area (Å²) in [5.41, 5.74) is 2.30. The van der Waals surface area contributed by atoms with E-state index in [1.807, 2.05) is 19.3 Å². The van der Waals surface area contributed by atoms with Crippen molar-refractivity contribution in [1.82, 2.24) is 14.8 Å². The van der Waals surface area contributed by atoms with Crippen LogP contribution in [-0.4, -0.2) is 54.1 Å². The number of likely N-dealkylation sites (tertiary alicyclic amines) is 1. The van der Waals surface area contributed by atoms with E-state index in [4.69, 9.17) is 0 Å². The quantitative estimate of drug-likeness (QED) is 0.850. The van der Waals surface area contributed by atoms with Gasteiger partial charge in [-0.15, -0.1) is 0 Å². The van der Waals surface area contributed by atoms with E-state index in [0.29, 0.717) is 0 Å². The first-order valence-corrected chi connectivity index (χ1v) is 7.35. The normalized spacial score (nSPS) is 20.1. The Kier molecular flexibility index (Phi) is 5.16. The van der Waals surface area contributed by atoms with Crippen molar-refractivity contribution in [2.45, 2.75) is 32.9 Å². The summed E-state index contributed by atoms with van der Waals surface area (Å²) >= 11 is 0. The van der Waals surface area contributed by atoms with Crippen LogP contribution in [0.2, 0.25) is 0 Å². The molecule has 0 saturated carbocycles. The Morgan fingerprint density at radius 3 is 2.89 bits per heavy atom. The molecule has 1 atom stereocenters. The lowest BCUT2D eigenvalue weighted by Gasteiger charge is -2.26. The second kappa shape index (κ2) is 6.87. The second-order valence-corrected chi connectivity index (χ2v) is 5.18. The van der Waals surface area contributed by atoms with Gasteiger partial charge in [0.05, 0.1) is 5.69 Å². The van der Waals surface area contributed by atoms with Crippen molar-refractivity contribution in [2.24, 2.45) is 0 Å². The standard InChI is InChI=1S/C15H26N4/c1-4-19(5-2)15-7-9-18(12-15)11-14-10-13(16-3)6-8-17-14/h6,8,10,15H,4-5,7,9,11-12H2,1-3H3,(H,16,17). The van der Waals surface area contributed by atoms with Crippen molar-refractivity contribution < 1.29 is 0 Å². The van der Waals surface area contributed by atoms with Gasteiger partial charge in [0.2, 0.25) is 0 Å². The lowest BCUT2D eigenvalue weighted by Crippen LogP contribution is -2.37. The molecule has 1 saturated heterocycles. The molecule has 106 valence electrons. The maximum Gasteiger partial charge on any atom is 0.0564 e. The fourth-order valence-corrected chi connectivity index (χ4v) is 2.94. The molecule has 1 aromatic heterocycles.